The van der Waals surface area contributed by atoms with Gasteiger partial charge in [0.25, 0.3) is 0 Å². The predicted octanol–water partition coefficient (Wildman–Crippen LogP) is 3.93. The van der Waals surface area contributed by atoms with Gasteiger partial charge in [0.1, 0.15) is 0 Å². The van der Waals surface area contributed by atoms with Crippen LogP contribution in [0.15, 0.2) is 72.6 Å². The highest BCUT2D eigenvalue weighted by Gasteiger charge is 2.29. The number of rotatable bonds is 5. The third kappa shape index (κ3) is 2.77. The molecule has 0 heterocycles. The largest absolute Gasteiger partial charge is 0.309 e. The van der Waals surface area contributed by atoms with Crippen LogP contribution in [0.3, 0.4) is 0 Å². The summed E-state index contributed by atoms with van der Waals surface area (Å²) < 4.78 is 13.7. The molecule has 1 nitrogen and oxygen atoms in total. The zero-order valence-electron chi connectivity index (χ0n) is 11.3. The van der Waals surface area contributed by atoms with E-state index in [1.54, 1.807) is 0 Å². The van der Waals surface area contributed by atoms with Crippen LogP contribution in [0, 0.1) is 12.3 Å². The maximum atomic E-state index is 13.7. The van der Waals surface area contributed by atoms with Crippen molar-refractivity contribution in [3.8, 4) is 12.3 Å². The van der Waals surface area contributed by atoms with Crippen LogP contribution >= 0.6 is 7.14 Å². The van der Waals surface area contributed by atoms with Gasteiger partial charge in [-0.25, -0.2) is 0 Å². The van der Waals surface area contributed by atoms with Crippen LogP contribution < -0.4 is 10.6 Å². The molecule has 0 aromatic heterocycles. The number of allylic oxidation sites excluding steroid dienone is 1. The number of benzene rings is 2. The van der Waals surface area contributed by atoms with E-state index in [0.717, 1.165) is 10.6 Å². The molecule has 2 aromatic rings. The minimum atomic E-state index is -2.83. The van der Waals surface area contributed by atoms with Crippen LogP contribution in [0.5, 0.6) is 0 Å². The molecule has 2 aromatic carbocycles. The van der Waals surface area contributed by atoms with Crippen LogP contribution in [0.4, 0.5) is 0 Å². The number of hydrogen-bond donors (Lipinski definition) is 0. The van der Waals surface area contributed by atoms with Gasteiger partial charge < -0.3 is 4.57 Å². The summed E-state index contributed by atoms with van der Waals surface area (Å²) in [7, 11) is -2.83. The van der Waals surface area contributed by atoms with E-state index in [2.05, 4.69) is 12.5 Å². The zero-order chi connectivity index (χ0) is 14.4. The SMILES string of the molecule is C#CCCC(=C)P(=O)(c1ccccc1)c1ccccc1. The van der Waals surface area contributed by atoms with E-state index in [0.29, 0.717) is 18.2 Å². The van der Waals surface area contributed by atoms with Gasteiger partial charge in [0.05, 0.1) is 0 Å². The quantitative estimate of drug-likeness (QED) is 0.599. The Bertz CT molecular complexity index is 622. The maximum absolute atomic E-state index is 13.7. The predicted molar refractivity (Wildman–Crippen MR) is 87.0 cm³/mol. The summed E-state index contributed by atoms with van der Waals surface area (Å²) in [5.74, 6) is 2.59. The summed E-state index contributed by atoms with van der Waals surface area (Å²) >= 11 is 0. The molecular formula is C18H17OP. The van der Waals surface area contributed by atoms with E-state index in [1.165, 1.54) is 0 Å². The van der Waals surface area contributed by atoms with Gasteiger partial charge in [-0.3, -0.25) is 0 Å². The standard InChI is InChI=1S/C18H17OP/c1-3-4-11-16(2)20(19,17-12-7-5-8-13-17)18-14-9-6-10-15-18/h1,5-10,12-15H,2,4,11H2. The molecule has 0 amide bonds. The summed E-state index contributed by atoms with van der Waals surface area (Å²) in [4.78, 5) is 0. The number of terminal acetylenes is 1. The fourth-order valence-electron chi connectivity index (χ4n) is 2.16. The molecule has 0 bridgehead atoms. The Morgan fingerprint density at radius 1 is 1.00 bits per heavy atom. The maximum Gasteiger partial charge on any atom is 0.166 e. The third-order valence-corrected chi connectivity index (χ3v) is 6.41. The van der Waals surface area contributed by atoms with Gasteiger partial charge in [0, 0.05) is 17.0 Å². The van der Waals surface area contributed by atoms with E-state index in [9.17, 15) is 4.57 Å². The molecule has 0 saturated carbocycles. The van der Waals surface area contributed by atoms with Crippen molar-refractivity contribution in [2.45, 2.75) is 12.8 Å². The van der Waals surface area contributed by atoms with Crippen molar-refractivity contribution in [1.82, 2.24) is 0 Å². The van der Waals surface area contributed by atoms with Gasteiger partial charge >= 0.3 is 0 Å². The highest BCUT2D eigenvalue weighted by atomic mass is 31.2. The summed E-state index contributed by atoms with van der Waals surface area (Å²) in [6.45, 7) is 4.06. The first-order valence-electron chi connectivity index (χ1n) is 6.52. The van der Waals surface area contributed by atoms with Gasteiger partial charge in [-0.1, -0.05) is 67.2 Å². The molecule has 100 valence electrons. The van der Waals surface area contributed by atoms with Crippen LogP contribution in [-0.4, -0.2) is 0 Å². The van der Waals surface area contributed by atoms with Crippen molar-refractivity contribution in [2.75, 3.05) is 0 Å². The van der Waals surface area contributed by atoms with Gasteiger partial charge in [-0.2, -0.15) is 0 Å². The second-order valence-corrected chi connectivity index (χ2v) is 7.43. The molecule has 2 heteroatoms. The topological polar surface area (TPSA) is 17.1 Å². The second-order valence-electron chi connectivity index (χ2n) is 4.55. The van der Waals surface area contributed by atoms with E-state index >= 15 is 0 Å². The van der Waals surface area contributed by atoms with Crippen LogP contribution in [0.25, 0.3) is 0 Å². The lowest BCUT2D eigenvalue weighted by Gasteiger charge is -2.21. The monoisotopic (exact) mass is 280 g/mol. The Labute approximate surface area is 120 Å². The highest BCUT2D eigenvalue weighted by Crippen LogP contribution is 2.52. The van der Waals surface area contributed by atoms with Crippen molar-refractivity contribution in [3.05, 3.63) is 72.6 Å². The van der Waals surface area contributed by atoms with Crippen molar-refractivity contribution < 1.29 is 4.57 Å². The first-order valence-corrected chi connectivity index (χ1v) is 8.23. The second kappa shape index (κ2) is 6.42. The van der Waals surface area contributed by atoms with Gasteiger partial charge in [-0.15, -0.1) is 12.3 Å². The van der Waals surface area contributed by atoms with Crippen LogP contribution in [0.2, 0.25) is 0 Å². The lowest BCUT2D eigenvalue weighted by atomic mass is 10.3. The molecule has 0 aliphatic rings. The summed E-state index contributed by atoms with van der Waals surface area (Å²) in [5, 5.41) is 2.34. The highest BCUT2D eigenvalue weighted by molar-refractivity contribution is 7.82. The minimum Gasteiger partial charge on any atom is -0.309 e. The van der Waals surface area contributed by atoms with Crippen molar-refractivity contribution in [2.24, 2.45) is 0 Å². The molecule has 0 N–H and O–H groups in total. The Hall–Kier alpha value is -2.03. The van der Waals surface area contributed by atoms with Crippen LogP contribution in [-0.2, 0) is 4.57 Å². The Morgan fingerprint density at radius 3 is 1.85 bits per heavy atom. The average molecular weight is 280 g/mol. The third-order valence-electron chi connectivity index (χ3n) is 3.24. The number of hydrogen-bond acceptors (Lipinski definition) is 1. The summed E-state index contributed by atoms with van der Waals surface area (Å²) in [6.07, 6.45) is 6.46. The molecular weight excluding hydrogens is 263 g/mol. The first kappa shape index (κ1) is 14.4. The minimum absolute atomic E-state index is 0.558. The Morgan fingerprint density at radius 2 is 1.45 bits per heavy atom. The van der Waals surface area contributed by atoms with Crippen molar-refractivity contribution in [3.63, 3.8) is 0 Å². The lowest BCUT2D eigenvalue weighted by molar-refractivity contribution is 0.589. The molecule has 0 saturated heterocycles. The van der Waals surface area contributed by atoms with Crippen molar-refractivity contribution in [1.29, 1.82) is 0 Å². The molecule has 0 aliphatic heterocycles. The smallest absolute Gasteiger partial charge is 0.166 e. The van der Waals surface area contributed by atoms with Gasteiger partial charge in [0.15, 0.2) is 7.14 Å². The normalized spacial score (nSPS) is 10.8. The first-order chi connectivity index (χ1) is 9.69. The molecule has 2 rings (SSSR count). The summed E-state index contributed by atoms with van der Waals surface area (Å²) in [6, 6.07) is 19.0. The van der Waals surface area contributed by atoms with E-state index in [1.807, 2.05) is 60.7 Å². The lowest BCUT2D eigenvalue weighted by Crippen LogP contribution is -2.17. The fraction of sp³-hybridized carbons (Fsp3) is 0.111. The molecule has 20 heavy (non-hydrogen) atoms. The molecule has 0 atom stereocenters. The van der Waals surface area contributed by atoms with Gasteiger partial charge in [-0.05, 0) is 11.7 Å². The zero-order valence-corrected chi connectivity index (χ0v) is 12.2. The van der Waals surface area contributed by atoms with Crippen LogP contribution in [0.1, 0.15) is 12.8 Å². The molecule has 0 aliphatic carbocycles. The van der Waals surface area contributed by atoms with Gasteiger partial charge in [0.2, 0.25) is 0 Å². The summed E-state index contributed by atoms with van der Waals surface area (Å²) in [5.41, 5.74) is 0. The molecule has 0 unspecified atom stereocenters. The van der Waals surface area contributed by atoms with E-state index < -0.39 is 7.14 Å². The fourth-order valence-corrected chi connectivity index (χ4v) is 4.80. The molecule has 0 radical (unpaired) electrons. The van der Waals surface area contributed by atoms with E-state index in [-0.39, 0.29) is 0 Å². The molecule has 0 spiro atoms. The van der Waals surface area contributed by atoms with Crippen molar-refractivity contribution >= 4 is 17.8 Å². The Balaban J connectivity index is 2.53. The Kier molecular flexibility index (Phi) is 4.61. The average Bonchev–Trinajstić information content (AvgIpc) is 2.53. The van der Waals surface area contributed by atoms with E-state index in [4.69, 9.17) is 6.42 Å². The molecule has 0 fully saturated rings.